The van der Waals surface area contributed by atoms with Crippen molar-refractivity contribution in [2.45, 2.75) is 38.2 Å². The third kappa shape index (κ3) is 6.35. The lowest BCUT2D eigenvalue weighted by Crippen LogP contribution is -2.53. The molecule has 1 atom stereocenters. The molecule has 0 aromatic heterocycles. The van der Waals surface area contributed by atoms with E-state index in [2.05, 4.69) is 15.0 Å². The normalized spacial score (nSPS) is 22.1. The van der Waals surface area contributed by atoms with E-state index in [1.165, 1.54) is 13.5 Å². The molecule has 1 N–H and O–H groups in total. The van der Waals surface area contributed by atoms with Gasteiger partial charge in [-0.1, -0.05) is 0 Å². The van der Waals surface area contributed by atoms with Gasteiger partial charge in [0.15, 0.2) is 0 Å². The molecular weight excluding hydrogens is 298 g/mol. The molecule has 1 unspecified atom stereocenters. The van der Waals surface area contributed by atoms with E-state index in [1.807, 2.05) is 4.90 Å². The minimum absolute atomic E-state index is 0.000153. The molecule has 2 aliphatic heterocycles. The Balaban J connectivity index is 1.53. The van der Waals surface area contributed by atoms with Gasteiger partial charge in [-0.15, -0.1) is 0 Å². The Bertz CT molecular complexity index is 378. The molecule has 7 heteroatoms. The maximum Gasteiger partial charge on any atom is 0.317 e. The summed E-state index contributed by atoms with van der Waals surface area (Å²) in [6, 6.07) is -0.000153. The maximum absolute atomic E-state index is 12.1. The molecule has 2 saturated heterocycles. The highest BCUT2D eigenvalue weighted by Gasteiger charge is 2.24. The first-order chi connectivity index (χ1) is 11.2. The topological polar surface area (TPSA) is 71.1 Å². The van der Waals surface area contributed by atoms with Gasteiger partial charge in [-0.05, 0) is 25.7 Å². The van der Waals surface area contributed by atoms with Gasteiger partial charge >= 0.3 is 12.0 Å². The number of piperazine rings is 1. The molecule has 0 radical (unpaired) electrons. The minimum Gasteiger partial charge on any atom is -0.469 e. The number of rotatable bonds is 7. The molecule has 132 valence electrons. The van der Waals surface area contributed by atoms with Crippen LogP contribution in [0.25, 0.3) is 0 Å². The van der Waals surface area contributed by atoms with Crippen LogP contribution in [0.15, 0.2) is 0 Å². The number of nitrogens with zero attached hydrogens (tertiary/aromatic N) is 2. The van der Waals surface area contributed by atoms with Crippen molar-refractivity contribution in [3.05, 3.63) is 0 Å². The van der Waals surface area contributed by atoms with E-state index in [4.69, 9.17) is 4.74 Å². The molecular formula is C16H29N3O4. The van der Waals surface area contributed by atoms with Gasteiger partial charge in [0.05, 0.1) is 13.2 Å². The molecule has 0 aromatic carbocycles. The number of unbranched alkanes of at least 4 members (excludes halogenated alkanes) is 1. The Morgan fingerprint density at radius 2 is 2.00 bits per heavy atom. The Morgan fingerprint density at radius 1 is 1.22 bits per heavy atom. The highest BCUT2D eigenvalue weighted by molar-refractivity contribution is 5.74. The van der Waals surface area contributed by atoms with E-state index >= 15 is 0 Å². The fraction of sp³-hybridized carbons (Fsp3) is 0.875. The van der Waals surface area contributed by atoms with Crippen LogP contribution in [0.4, 0.5) is 4.79 Å². The molecule has 2 heterocycles. The summed E-state index contributed by atoms with van der Waals surface area (Å²) in [7, 11) is 1.39. The number of hydrogen-bond acceptors (Lipinski definition) is 5. The summed E-state index contributed by atoms with van der Waals surface area (Å²) >= 11 is 0. The lowest BCUT2D eigenvalue weighted by molar-refractivity contribution is -0.140. The van der Waals surface area contributed by atoms with E-state index < -0.39 is 0 Å². The van der Waals surface area contributed by atoms with Crippen molar-refractivity contribution in [2.24, 2.45) is 0 Å². The van der Waals surface area contributed by atoms with E-state index in [1.54, 1.807) is 0 Å². The summed E-state index contributed by atoms with van der Waals surface area (Å²) in [6.07, 6.45) is 4.65. The zero-order chi connectivity index (χ0) is 16.5. The summed E-state index contributed by atoms with van der Waals surface area (Å²) in [6.45, 7) is 5.84. The van der Waals surface area contributed by atoms with Crippen molar-refractivity contribution < 1.29 is 19.1 Å². The van der Waals surface area contributed by atoms with E-state index in [9.17, 15) is 9.59 Å². The fourth-order valence-corrected chi connectivity index (χ4v) is 3.01. The van der Waals surface area contributed by atoms with Crippen LogP contribution in [0.2, 0.25) is 0 Å². The SMILES string of the molecule is COC(=O)CCCCNC(=O)N1CCN(CC2CCCO2)CC1. The number of carbonyl (C=O) groups is 2. The maximum atomic E-state index is 12.1. The standard InChI is InChI=1S/C16H29N3O4/c1-22-15(20)6-2-3-7-17-16(21)19-10-8-18(9-11-19)13-14-5-4-12-23-14/h14H,2-13H2,1H3,(H,17,21). The summed E-state index contributed by atoms with van der Waals surface area (Å²) in [5.74, 6) is -0.196. The van der Waals surface area contributed by atoms with Gasteiger partial charge in [0.1, 0.15) is 0 Å². The van der Waals surface area contributed by atoms with Crippen LogP contribution in [0.1, 0.15) is 32.1 Å². The Labute approximate surface area is 138 Å². The molecule has 2 amide bonds. The number of ether oxygens (including phenoxy) is 2. The average molecular weight is 327 g/mol. The summed E-state index contributed by atoms with van der Waals surface area (Å²) in [4.78, 5) is 27.3. The first-order valence-electron chi connectivity index (χ1n) is 8.62. The summed E-state index contributed by atoms with van der Waals surface area (Å²) in [5.41, 5.74) is 0. The largest absolute Gasteiger partial charge is 0.469 e. The van der Waals surface area contributed by atoms with Crippen molar-refractivity contribution in [2.75, 3.05) is 53.0 Å². The smallest absolute Gasteiger partial charge is 0.317 e. The molecule has 7 nitrogen and oxygen atoms in total. The van der Waals surface area contributed by atoms with Crippen LogP contribution in [0, 0.1) is 0 Å². The molecule has 23 heavy (non-hydrogen) atoms. The lowest BCUT2D eigenvalue weighted by atomic mass is 10.2. The number of amides is 2. The highest BCUT2D eigenvalue weighted by atomic mass is 16.5. The van der Waals surface area contributed by atoms with Gasteiger partial charge in [-0.2, -0.15) is 0 Å². The predicted octanol–water partition coefficient (Wildman–Crippen LogP) is 0.836. The minimum atomic E-state index is -0.196. The van der Waals surface area contributed by atoms with Crippen molar-refractivity contribution in [3.63, 3.8) is 0 Å². The molecule has 2 rings (SSSR count). The molecule has 2 fully saturated rings. The van der Waals surface area contributed by atoms with E-state index in [0.29, 0.717) is 19.1 Å². The Hall–Kier alpha value is -1.34. The Kier molecular flexibility index (Phi) is 7.61. The molecule has 0 bridgehead atoms. The number of methoxy groups -OCH3 is 1. The van der Waals surface area contributed by atoms with Crippen LogP contribution in [0.5, 0.6) is 0 Å². The van der Waals surface area contributed by atoms with Gasteiger partial charge in [-0.25, -0.2) is 4.79 Å². The molecule has 0 saturated carbocycles. The molecule has 0 spiro atoms. The molecule has 0 aliphatic carbocycles. The van der Waals surface area contributed by atoms with Crippen molar-refractivity contribution in [1.82, 2.24) is 15.1 Å². The summed E-state index contributed by atoms with van der Waals surface area (Å²) < 4.78 is 10.2. The second-order valence-electron chi connectivity index (χ2n) is 6.19. The number of urea groups is 1. The van der Waals surface area contributed by atoms with Crippen molar-refractivity contribution >= 4 is 12.0 Å². The number of esters is 1. The molecule has 2 aliphatic rings. The van der Waals surface area contributed by atoms with Crippen LogP contribution in [0.3, 0.4) is 0 Å². The lowest BCUT2D eigenvalue weighted by Gasteiger charge is -2.35. The second kappa shape index (κ2) is 9.72. The van der Waals surface area contributed by atoms with Crippen LogP contribution in [-0.4, -0.2) is 80.9 Å². The van der Waals surface area contributed by atoms with Crippen molar-refractivity contribution in [3.8, 4) is 0 Å². The molecule has 0 aromatic rings. The van der Waals surface area contributed by atoms with Crippen molar-refractivity contribution in [1.29, 1.82) is 0 Å². The van der Waals surface area contributed by atoms with Gasteiger partial charge in [0.2, 0.25) is 0 Å². The first-order valence-corrected chi connectivity index (χ1v) is 8.62. The highest BCUT2D eigenvalue weighted by Crippen LogP contribution is 2.14. The first kappa shape index (κ1) is 18.0. The summed E-state index contributed by atoms with van der Waals surface area (Å²) in [5, 5.41) is 2.92. The monoisotopic (exact) mass is 327 g/mol. The van der Waals surface area contributed by atoms with E-state index in [-0.39, 0.29) is 12.0 Å². The zero-order valence-corrected chi connectivity index (χ0v) is 14.1. The third-order valence-corrected chi connectivity index (χ3v) is 4.46. The third-order valence-electron chi connectivity index (χ3n) is 4.46. The number of hydrogen-bond donors (Lipinski definition) is 1. The second-order valence-corrected chi connectivity index (χ2v) is 6.19. The van der Waals surface area contributed by atoms with Gasteiger partial charge in [0, 0.05) is 52.3 Å². The Morgan fingerprint density at radius 3 is 2.65 bits per heavy atom. The van der Waals surface area contributed by atoms with Gasteiger partial charge in [-0.3, -0.25) is 9.69 Å². The van der Waals surface area contributed by atoms with Crippen LogP contribution >= 0.6 is 0 Å². The zero-order valence-electron chi connectivity index (χ0n) is 14.1. The number of carbonyl (C=O) groups excluding carboxylic acids is 2. The van der Waals surface area contributed by atoms with Crippen LogP contribution in [-0.2, 0) is 14.3 Å². The van der Waals surface area contributed by atoms with Gasteiger partial charge in [0.25, 0.3) is 0 Å². The van der Waals surface area contributed by atoms with E-state index in [0.717, 1.165) is 58.6 Å². The predicted molar refractivity (Wildman–Crippen MR) is 86.3 cm³/mol. The quantitative estimate of drug-likeness (QED) is 0.554. The fourth-order valence-electron chi connectivity index (χ4n) is 3.01. The van der Waals surface area contributed by atoms with Gasteiger partial charge < -0.3 is 19.7 Å². The number of nitrogens with one attached hydrogen (secondary N) is 1. The van der Waals surface area contributed by atoms with Crippen LogP contribution < -0.4 is 5.32 Å². The average Bonchev–Trinajstić information content (AvgIpc) is 3.07.